The van der Waals surface area contributed by atoms with E-state index in [1.54, 1.807) is 12.1 Å². The molecule has 1 aliphatic rings. The molecule has 2 rings (SSSR count). The molecule has 76 valence electrons. The van der Waals surface area contributed by atoms with Crippen LogP contribution in [0.2, 0.25) is 0 Å². The number of rotatable bonds is 2. The summed E-state index contributed by atoms with van der Waals surface area (Å²) in [5.74, 6) is 0.163. The van der Waals surface area contributed by atoms with Gasteiger partial charge in [-0.1, -0.05) is 12.1 Å². The summed E-state index contributed by atoms with van der Waals surface area (Å²) in [6.45, 7) is 1.38. The lowest BCUT2D eigenvalue weighted by atomic mass is 9.96. The van der Waals surface area contributed by atoms with E-state index in [0.717, 1.165) is 18.6 Å². The van der Waals surface area contributed by atoms with Gasteiger partial charge in [-0.05, 0) is 30.7 Å². The molecule has 3 heteroatoms. The molecule has 0 amide bonds. The van der Waals surface area contributed by atoms with Gasteiger partial charge in [0.25, 0.3) is 0 Å². The van der Waals surface area contributed by atoms with Gasteiger partial charge < -0.3 is 10.5 Å². The van der Waals surface area contributed by atoms with Crippen LogP contribution in [-0.4, -0.2) is 13.2 Å². The second-order valence-corrected chi connectivity index (χ2v) is 3.63. The Morgan fingerprint density at radius 3 is 2.71 bits per heavy atom. The largest absolute Gasteiger partial charge is 0.373 e. The summed E-state index contributed by atoms with van der Waals surface area (Å²) in [7, 11) is 0. The van der Waals surface area contributed by atoms with E-state index in [1.807, 2.05) is 0 Å². The summed E-state index contributed by atoms with van der Waals surface area (Å²) in [5, 5.41) is 0. The fraction of sp³-hybridized carbons (Fsp3) is 0.455. The molecule has 2 nitrogen and oxygen atoms in total. The van der Waals surface area contributed by atoms with Crippen LogP contribution in [0.5, 0.6) is 0 Å². The van der Waals surface area contributed by atoms with Gasteiger partial charge in [0.2, 0.25) is 0 Å². The first-order valence-electron chi connectivity index (χ1n) is 4.88. The smallest absolute Gasteiger partial charge is 0.123 e. The molecule has 0 unspecified atom stereocenters. The zero-order chi connectivity index (χ0) is 9.97. The highest BCUT2D eigenvalue weighted by Crippen LogP contribution is 2.33. The number of nitrogens with two attached hydrogens (primary N) is 1. The van der Waals surface area contributed by atoms with Gasteiger partial charge in [-0.15, -0.1) is 0 Å². The summed E-state index contributed by atoms with van der Waals surface area (Å²) in [4.78, 5) is 0. The van der Waals surface area contributed by atoms with E-state index in [2.05, 4.69) is 0 Å². The first kappa shape index (κ1) is 9.62. The second-order valence-electron chi connectivity index (χ2n) is 3.63. The van der Waals surface area contributed by atoms with Crippen molar-refractivity contribution in [3.63, 3.8) is 0 Å². The van der Waals surface area contributed by atoms with Crippen LogP contribution in [0.3, 0.4) is 0 Å². The van der Waals surface area contributed by atoms with Crippen molar-refractivity contribution in [3.05, 3.63) is 35.6 Å². The first-order chi connectivity index (χ1) is 6.81. The Morgan fingerprint density at radius 1 is 1.36 bits per heavy atom. The maximum Gasteiger partial charge on any atom is 0.123 e. The van der Waals surface area contributed by atoms with Crippen LogP contribution in [0.4, 0.5) is 4.39 Å². The van der Waals surface area contributed by atoms with Gasteiger partial charge in [0, 0.05) is 12.5 Å². The van der Waals surface area contributed by atoms with E-state index in [-0.39, 0.29) is 11.9 Å². The lowest BCUT2D eigenvalue weighted by Crippen LogP contribution is -2.17. The van der Waals surface area contributed by atoms with Gasteiger partial charge >= 0.3 is 0 Å². The maximum atomic E-state index is 12.7. The molecule has 1 saturated heterocycles. The minimum Gasteiger partial charge on any atom is -0.373 e. The van der Waals surface area contributed by atoms with Crippen LogP contribution in [0.1, 0.15) is 18.1 Å². The van der Waals surface area contributed by atoms with Crippen molar-refractivity contribution >= 4 is 0 Å². The second kappa shape index (κ2) is 4.07. The number of halogens is 1. The Morgan fingerprint density at radius 2 is 2.07 bits per heavy atom. The molecular formula is C11H14FNO. The SMILES string of the molecule is NC[C@H]1CCO[C@H]1c1ccc(F)cc1. The van der Waals surface area contributed by atoms with E-state index in [9.17, 15) is 4.39 Å². The Balaban J connectivity index is 2.17. The predicted octanol–water partition coefficient (Wildman–Crippen LogP) is 1.86. The van der Waals surface area contributed by atoms with E-state index in [4.69, 9.17) is 10.5 Å². The summed E-state index contributed by atoms with van der Waals surface area (Å²) in [6, 6.07) is 6.47. The van der Waals surface area contributed by atoms with Crippen LogP contribution in [0.25, 0.3) is 0 Å². The molecule has 1 fully saturated rings. The van der Waals surface area contributed by atoms with Crippen LogP contribution < -0.4 is 5.73 Å². The minimum absolute atomic E-state index is 0.0561. The fourth-order valence-corrected chi connectivity index (χ4v) is 1.90. The van der Waals surface area contributed by atoms with E-state index in [1.165, 1.54) is 12.1 Å². The molecule has 0 bridgehead atoms. The topological polar surface area (TPSA) is 35.2 Å². The van der Waals surface area contributed by atoms with Gasteiger partial charge in [-0.25, -0.2) is 4.39 Å². The maximum absolute atomic E-state index is 12.7. The van der Waals surface area contributed by atoms with Crippen LogP contribution >= 0.6 is 0 Å². The number of hydrogen-bond donors (Lipinski definition) is 1. The lowest BCUT2D eigenvalue weighted by Gasteiger charge is -2.16. The third kappa shape index (κ3) is 1.79. The monoisotopic (exact) mass is 195 g/mol. The molecule has 1 aromatic carbocycles. The molecule has 0 radical (unpaired) electrons. The minimum atomic E-state index is -0.212. The molecule has 1 aliphatic heterocycles. The van der Waals surface area contributed by atoms with E-state index in [0.29, 0.717) is 12.5 Å². The lowest BCUT2D eigenvalue weighted by molar-refractivity contribution is 0.0924. The highest BCUT2D eigenvalue weighted by molar-refractivity contribution is 5.20. The number of hydrogen-bond acceptors (Lipinski definition) is 2. The van der Waals surface area contributed by atoms with Crippen molar-refractivity contribution in [2.24, 2.45) is 11.7 Å². The first-order valence-corrected chi connectivity index (χ1v) is 4.88. The van der Waals surface area contributed by atoms with Gasteiger partial charge in [0.15, 0.2) is 0 Å². The fourth-order valence-electron chi connectivity index (χ4n) is 1.90. The van der Waals surface area contributed by atoms with Crippen LogP contribution in [0, 0.1) is 11.7 Å². The zero-order valence-corrected chi connectivity index (χ0v) is 7.95. The van der Waals surface area contributed by atoms with Crippen LogP contribution in [-0.2, 0) is 4.74 Å². The molecule has 2 N–H and O–H groups in total. The van der Waals surface area contributed by atoms with Gasteiger partial charge in [0.05, 0.1) is 6.10 Å². The average molecular weight is 195 g/mol. The summed E-state index contributed by atoms with van der Waals surface area (Å²) in [6.07, 6.45) is 1.05. The Hall–Kier alpha value is -0.930. The molecule has 2 atom stereocenters. The summed E-state index contributed by atoms with van der Waals surface area (Å²) < 4.78 is 18.3. The van der Waals surface area contributed by atoms with Crippen molar-refractivity contribution in [1.29, 1.82) is 0 Å². The van der Waals surface area contributed by atoms with Crippen molar-refractivity contribution in [3.8, 4) is 0 Å². The van der Waals surface area contributed by atoms with E-state index >= 15 is 0 Å². The van der Waals surface area contributed by atoms with Crippen molar-refractivity contribution in [2.75, 3.05) is 13.2 Å². The Kier molecular flexibility index (Phi) is 2.79. The molecule has 0 aromatic heterocycles. The number of benzene rings is 1. The van der Waals surface area contributed by atoms with E-state index < -0.39 is 0 Å². The van der Waals surface area contributed by atoms with Crippen LogP contribution in [0.15, 0.2) is 24.3 Å². The molecule has 1 heterocycles. The van der Waals surface area contributed by atoms with Crippen molar-refractivity contribution < 1.29 is 9.13 Å². The normalized spacial score (nSPS) is 26.7. The molecule has 0 aliphatic carbocycles. The summed E-state index contributed by atoms with van der Waals surface area (Å²) >= 11 is 0. The highest BCUT2D eigenvalue weighted by atomic mass is 19.1. The van der Waals surface area contributed by atoms with Crippen molar-refractivity contribution in [1.82, 2.24) is 0 Å². The van der Waals surface area contributed by atoms with Gasteiger partial charge in [-0.2, -0.15) is 0 Å². The number of ether oxygens (including phenoxy) is 1. The molecule has 14 heavy (non-hydrogen) atoms. The molecular weight excluding hydrogens is 181 g/mol. The Labute approximate surface area is 82.9 Å². The quantitative estimate of drug-likeness (QED) is 0.781. The average Bonchev–Trinajstić information content (AvgIpc) is 2.67. The molecule has 0 spiro atoms. The summed E-state index contributed by atoms with van der Waals surface area (Å²) in [5.41, 5.74) is 6.66. The zero-order valence-electron chi connectivity index (χ0n) is 7.95. The Bertz CT molecular complexity index is 299. The highest BCUT2D eigenvalue weighted by Gasteiger charge is 2.28. The molecule has 1 aromatic rings. The predicted molar refractivity (Wildman–Crippen MR) is 52.3 cm³/mol. The third-order valence-corrected chi connectivity index (χ3v) is 2.72. The van der Waals surface area contributed by atoms with Gasteiger partial charge in [0.1, 0.15) is 5.82 Å². The third-order valence-electron chi connectivity index (χ3n) is 2.72. The standard InChI is InChI=1S/C11H14FNO/c12-10-3-1-8(2-4-10)11-9(7-13)5-6-14-11/h1-4,9,11H,5-7,13H2/t9-,11+/m1/s1. The van der Waals surface area contributed by atoms with Gasteiger partial charge in [-0.3, -0.25) is 0 Å². The van der Waals surface area contributed by atoms with Crippen molar-refractivity contribution in [2.45, 2.75) is 12.5 Å². The molecule has 0 saturated carbocycles.